The zero-order chi connectivity index (χ0) is 12.6. The third-order valence-electron chi connectivity index (χ3n) is 1.82. The zero-order valence-electron chi connectivity index (χ0n) is 8.08. The van der Waals surface area contributed by atoms with Crippen LogP contribution in [0.5, 0.6) is 0 Å². The highest BCUT2D eigenvalue weighted by Gasteiger charge is 2.43. The number of carbonyl (C=O) groups excluding carboxylic acids is 1. The van der Waals surface area contributed by atoms with Crippen molar-refractivity contribution in [3.63, 3.8) is 0 Å². The average molecular weight is 390 g/mol. The van der Waals surface area contributed by atoms with E-state index >= 15 is 0 Å². The zero-order valence-corrected chi connectivity index (χ0v) is 12.8. The highest BCUT2D eigenvalue weighted by atomic mass is 79.9. The molecular formula is C9H7Br2ClO3S. The number of halogens is 3. The lowest BCUT2D eigenvalue weighted by molar-refractivity contribution is 0.100. The maximum Gasteiger partial charge on any atom is 0.242 e. The summed E-state index contributed by atoms with van der Waals surface area (Å²) in [5.41, 5.74) is 0.215. The van der Waals surface area contributed by atoms with Gasteiger partial charge in [-0.3, -0.25) is 4.79 Å². The summed E-state index contributed by atoms with van der Waals surface area (Å²) in [6.45, 7) is 0. The van der Waals surface area contributed by atoms with Crippen molar-refractivity contribution in [2.75, 3.05) is 6.26 Å². The Labute approximate surface area is 115 Å². The van der Waals surface area contributed by atoms with Crippen LogP contribution in [0.3, 0.4) is 0 Å². The van der Waals surface area contributed by atoms with Crippen LogP contribution in [0.4, 0.5) is 0 Å². The molecule has 1 aromatic rings. The van der Waals surface area contributed by atoms with Gasteiger partial charge in [-0.05, 0) is 44.0 Å². The molecule has 0 atom stereocenters. The maximum atomic E-state index is 11.9. The minimum atomic E-state index is -3.62. The maximum absolute atomic E-state index is 11.9. The molecule has 88 valence electrons. The Kier molecular flexibility index (Phi) is 4.21. The summed E-state index contributed by atoms with van der Waals surface area (Å²) < 4.78 is 21.0. The third-order valence-corrected chi connectivity index (χ3v) is 7.42. The van der Waals surface area contributed by atoms with E-state index in [1.165, 1.54) is 12.1 Å². The fourth-order valence-corrected chi connectivity index (χ4v) is 2.07. The van der Waals surface area contributed by atoms with Gasteiger partial charge in [0.1, 0.15) is 0 Å². The van der Waals surface area contributed by atoms with Crippen LogP contribution in [0.1, 0.15) is 10.4 Å². The number of sulfone groups is 1. The lowest BCUT2D eigenvalue weighted by Gasteiger charge is -2.16. The van der Waals surface area contributed by atoms with Gasteiger partial charge in [0.2, 0.25) is 8.35 Å². The molecular weight excluding hydrogens is 383 g/mol. The van der Waals surface area contributed by atoms with Crippen LogP contribution in [-0.4, -0.2) is 23.0 Å². The number of alkyl halides is 2. The number of rotatable bonds is 3. The first kappa shape index (κ1) is 14.2. The number of ketones is 1. The van der Waals surface area contributed by atoms with Gasteiger partial charge in [-0.25, -0.2) is 8.42 Å². The van der Waals surface area contributed by atoms with Gasteiger partial charge in [0.25, 0.3) is 0 Å². The van der Waals surface area contributed by atoms with Crippen molar-refractivity contribution in [1.82, 2.24) is 0 Å². The monoisotopic (exact) mass is 388 g/mol. The van der Waals surface area contributed by atoms with Gasteiger partial charge in [-0.1, -0.05) is 23.7 Å². The van der Waals surface area contributed by atoms with Crippen LogP contribution in [0.25, 0.3) is 0 Å². The summed E-state index contributed by atoms with van der Waals surface area (Å²) in [5, 5.41) is 0.371. The second kappa shape index (κ2) is 4.76. The van der Waals surface area contributed by atoms with Crippen LogP contribution in [0.2, 0.25) is 5.02 Å². The molecule has 16 heavy (non-hydrogen) atoms. The summed E-state index contributed by atoms with van der Waals surface area (Å²) in [6.07, 6.45) is 0.957. The van der Waals surface area contributed by atoms with Crippen LogP contribution in [-0.2, 0) is 9.84 Å². The van der Waals surface area contributed by atoms with Crippen LogP contribution in [0.15, 0.2) is 24.3 Å². The highest BCUT2D eigenvalue weighted by molar-refractivity contribution is 9.28. The van der Waals surface area contributed by atoms with Gasteiger partial charge < -0.3 is 0 Å². The molecule has 0 radical (unpaired) electrons. The quantitative estimate of drug-likeness (QED) is 0.589. The molecule has 0 fully saturated rings. The minimum absolute atomic E-state index is 0.215. The summed E-state index contributed by atoms with van der Waals surface area (Å²) >= 11 is 11.5. The van der Waals surface area contributed by atoms with Crippen molar-refractivity contribution >= 4 is 59.1 Å². The van der Waals surface area contributed by atoms with Gasteiger partial charge in [0.05, 0.1) is 0 Å². The topological polar surface area (TPSA) is 51.2 Å². The summed E-state index contributed by atoms with van der Waals surface area (Å²) in [4.78, 5) is 11.9. The van der Waals surface area contributed by atoms with Gasteiger partial charge >= 0.3 is 0 Å². The molecule has 0 aliphatic heterocycles. The van der Waals surface area contributed by atoms with Crippen molar-refractivity contribution in [2.45, 2.75) is 2.57 Å². The fraction of sp³-hybridized carbons (Fsp3) is 0.222. The second-order valence-electron chi connectivity index (χ2n) is 3.13. The summed E-state index contributed by atoms with van der Waals surface area (Å²) in [5.74, 6) is -0.613. The van der Waals surface area contributed by atoms with Gasteiger partial charge in [-0.2, -0.15) is 0 Å². The predicted molar refractivity (Wildman–Crippen MR) is 71.2 cm³/mol. The molecule has 0 bridgehead atoms. The molecule has 0 aliphatic carbocycles. The number of hydrogen-bond acceptors (Lipinski definition) is 3. The van der Waals surface area contributed by atoms with Crippen LogP contribution in [0, 0.1) is 0 Å². The predicted octanol–water partition coefficient (Wildman–Crippen LogP) is 3.01. The van der Waals surface area contributed by atoms with E-state index < -0.39 is 18.2 Å². The van der Waals surface area contributed by atoms with E-state index in [1.54, 1.807) is 12.1 Å². The Morgan fingerprint density at radius 2 is 1.94 bits per heavy atom. The standard InChI is InChI=1S/C9H7Br2ClO3S/c1-16(14,15)9(10,11)8(13)6-3-2-4-7(12)5-6/h2-5H,1H3. The van der Waals surface area contributed by atoms with E-state index in [-0.39, 0.29) is 5.56 Å². The number of benzene rings is 1. The minimum Gasteiger partial charge on any atom is -0.290 e. The van der Waals surface area contributed by atoms with Crippen molar-refractivity contribution in [1.29, 1.82) is 0 Å². The lowest BCUT2D eigenvalue weighted by Crippen LogP contribution is -2.33. The van der Waals surface area contributed by atoms with E-state index in [0.29, 0.717) is 5.02 Å². The van der Waals surface area contributed by atoms with Gasteiger partial charge in [-0.15, -0.1) is 0 Å². The first-order chi connectivity index (χ1) is 7.16. The second-order valence-corrected chi connectivity index (χ2v) is 10.2. The van der Waals surface area contributed by atoms with E-state index in [1.807, 2.05) is 0 Å². The molecule has 0 heterocycles. The van der Waals surface area contributed by atoms with Crippen molar-refractivity contribution in [2.24, 2.45) is 0 Å². The Morgan fingerprint density at radius 1 is 1.38 bits per heavy atom. The first-order valence-corrected chi connectivity index (χ1v) is 7.89. The molecule has 0 aromatic heterocycles. The lowest BCUT2D eigenvalue weighted by atomic mass is 10.1. The molecule has 7 heteroatoms. The molecule has 0 saturated carbocycles. The molecule has 0 unspecified atom stereocenters. The fourth-order valence-electron chi connectivity index (χ4n) is 0.966. The normalized spacial score (nSPS) is 12.5. The molecule has 1 rings (SSSR count). The highest BCUT2D eigenvalue weighted by Crippen LogP contribution is 2.36. The number of Topliss-reactive ketones (excluding diaryl/α,β-unsaturated/α-hetero) is 1. The Morgan fingerprint density at radius 3 is 2.38 bits per heavy atom. The molecule has 0 aliphatic rings. The van der Waals surface area contributed by atoms with E-state index in [2.05, 4.69) is 31.9 Å². The molecule has 0 saturated heterocycles. The molecule has 1 aromatic carbocycles. The van der Waals surface area contributed by atoms with Crippen molar-refractivity contribution < 1.29 is 13.2 Å². The van der Waals surface area contributed by atoms with E-state index in [4.69, 9.17) is 11.6 Å². The Hall–Kier alpha value is 0.0900. The molecule has 0 spiro atoms. The van der Waals surface area contributed by atoms with Gasteiger partial charge in [0, 0.05) is 16.8 Å². The van der Waals surface area contributed by atoms with Crippen molar-refractivity contribution in [3.8, 4) is 0 Å². The Bertz CT molecular complexity index is 525. The number of carbonyl (C=O) groups is 1. The van der Waals surface area contributed by atoms with Crippen LogP contribution < -0.4 is 0 Å². The van der Waals surface area contributed by atoms with Gasteiger partial charge in [0.15, 0.2) is 9.84 Å². The first-order valence-electron chi connectivity index (χ1n) is 4.04. The Balaban J connectivity index is 3.23. The van der Waals surface area contributed by atoms with E-state index in [9.17, 15) is 13.2 Å². The molecule has 0 N–H and O–H groups in total. The molecule has 3 nitrogen and oxygen atoms in total. The third kappa shape index (κ3) is 2.85. The largest absolute Gasteiger partial charge is 0.290 e. The van der Waals surface area contributed by atoms with Crippen molar-refractivity contribution in [3.05, 3.63) is 34.9 Å². The smallest absolute Gasteiger partial charge is 0.242 e. The van der Waals surface area contributed by atoms with Crippen LogP contribution >= 0.6 is 43.5 Å². The summed E-state index contributed by atoms with van der Waals surface area (Å²) in [7, 11) is -3.62. The average Bonchev–Trinajstić information content (AvgIpc) is 2.14. The SMILES string of the molecule is CS(=O)(=O)C(Br)(Br)C(=O)c1cccc(Cl)c1. The molecule has 0 amide bonds. The number of hydrogen-bond donors (Lipinski definition) is 0. The van der Waals surface area contributed by atoms with E-state index in [0.717, 1.165) is 6.26 Å². The summed E-state index contributed by atoms with van der Waals surface area (Å²) in [6, 6.07) is 6.08.